The largest absolute Gasteiger partial charge is 0.493 e. The Hall–Kier alpha value is -2.26. The van der Waals surface area contributed by atoms with Crippen LogP contribution < -0.4 is 9.47 Å². The highest BCUT2D eigenvalue weighted by Crippen LogP contribution is 2.37. The molecule has 0 bridgehead atoms. The van der Waals surface area contributed by atoms with Gasteiger partial charge in [0.25, 0.3) is 0 Å². The molecule has 0 spiro atoms. The average molecular weight is 329 g/mol. The van der Waals surface area contributed by atoms with E-state index in [0.29, 0.717) is 16.5 Å². The van der Waals surface area contributed by atoms with Crippen LogP contribution in [0, 0.1) is 0 Å². The third-order valence-corrected chi connectivity index (χ3v) is 4.29. The minimum atomic E-state index is 0.0813. The molecule has 0 aromatic heterocycles. The molecule has 3 nitrogen and oxygen atoms in total. The second kappa shape index (κ2) is 6.47. The number of benzene rings is 2. The standard InChI is InChI=1S/C19H17ClO3/c1-22-17-11-12(10-16(20)19(17)23-2)9-14-8-7-13-5-3-4-6-15(13)18(14)21/h3-6,9-11H,7-8H2,1-2H3/b14-9+. The van der Waals surface area contributed by atoms with E-state index in [1.165, 1.54) is 0 Å². The molecule has 23 heavy (non-hydrogen) atoms. The van der Waals surface area contributed by atoms with Gasteiger partial charge in [-0.2, -0.15) is 0 Å². The summed E-state index contributed by atoms with van der Waals surface area (Å²) in [4.78, 5) is 12.6. The van der Waals surface area contributed by atoms with Gasteiger partial charge in [0.05, 0.1) is 19.2 Å². The number of Topliss-reactive ketones (excluding diaryl/α,β-unsaturated/α-hetero) is 1. The molecule has 118 valence electrons. The summed E-state index contributed by atoms with van der Waals surface area (Å²) in [6.07, 6.45) is 3.47. The molecule has 0 N–H and O–H groups in total. The van der Waals surface area contributed by atoms with Crippen LogP contribution >= 0.6 is 11.6 Å². The lowest BCUT2D eigenvalue weighted by molar-refractivity contribution is 0.102. The molecule has 0 heterocycles. The van der Waals surface area contributed by atoms with Crippen LogP contribution in [0.1, 0.15) is 27.9 Å². The first-order chi connectivity index (χ1) is 11.1. The van der Waals surface area contributed by atoms with Gasteiger partial charge in [-0.15, -0.1) is 0 Å². The summed E-state index contributed by atoms with van der Waals surface area (Å²) in [6, 6.07) is 11.4. The van der Waals surface area contributed by atoms with E-state index in [2.05, 4.69) is 0 Å². The highest BCUT2D eigenvalue weighted by atomic mass is 35.5. The molecule has 3 rings (SSSR count). The lowest BCUT2D eigenvalue weighted by atomic mass is 9.86. The average Bonchev–Trinajstić information content (AvgIpc) is 2.57. The third kappa shape index (κ3) is 2.97. The normalized spacial score (nSPS) is 15.4. The number of carbonyl (C=O) groups is 1. The van der Waals surface area contributed by atoms with E-state index in [9.17, 15) is 4.79 Å². The summed E-state index contributed by atoms with van der Waals surface area (Å²) >= 11 is 6.23. The van der Waals surface area contributed by atoms with Gasteiger partial charge in [-0.3, -0.25) is 4.79 Å². The first kappa shape index (κ1) is 15.6. The zero-order chi connectivity index (χ0) is 16.4. The summed E-state index contributed by atoms with van der Waals surface area (Å²) in [6.45, 7) is 0. The second-order valence-electron chi connectivity index (χ2n) is 5.39. The quantitative estimate of drug-likeness (QED) is 0.774. The first-order valence-electron chi connectivity index (χ1n) is 7.38. The Morgan fingerprint density at radius 3 is 2.61 bits per heavy atom. The van der Waals surface area contributed by atoms with E-state index in [1.807, 2.05) is 36.4 Å². The molecule has 2 aromatic rings. The predicted molar refractivity (Wildman–Crippen MR) is 91.6 cm³/mol. The maximum absolute atomic E-state index is 12.6. The molecule has 0 unspecified atom stereocenters. The predicted octanol–water partition coefficient (Wildman–Crippen LogP) is 4.57. The SMILES string of the molecule is COc1cc(/C=C2\CCc3ccccc3C2=O)cc(Cl)c1OC. The summed E-state index contributed by atoms with van der Waals surface area (Å²) in [7, 11) is 3.11. The van der Waals surface area contributed by atoms with E-state index in [-0.39, 0.29) is 5.78 Å². The second-order valence-corrected chi connectivity index (χ2v) is 5.80. The number of aryl methyl sites for hydroxylation is 1. The lowest BCUT2D eigenvalue weighted by Crippen LogP contribution is -2.13. The molecule has 1 aliphatic rings. The smallest absolute Gasteiger partial charge is 0.189 e. The van der Waals surface area contributed by atoms with Crippen LogP contribution in [0.4, 0.5) is 0 Å². The van der Waals surface area contributed by atoms with Crippen molar-refractivity contribution in [2.24, 2.45) is 0 Å². The highest BCUT2D eigenvalue weighted by molar-refractivity contribution is 6.32. The van der Waals surface area contributed by atoms with Crippen molar-refractivity contribution in [3.8, 4) is 11.5 Å². The molecule has 4 heteroatoms. The number of fused-ring (bicyclic) bond motifs is 1. The fourth-order valence-electron chi connectivity index (χ4n) is 2.88. The van der Waals surface area contributed by atoms with Crippen molar-refractivity contribution >= 4 is 23.5 Å². The summed E-state index contributed by atoms with van der Waals surface area (Å²) in [5, 5.41) is 0.461. The Labute approximate surface area is 140 Å². The maximum Gasteiger partial charge on any atom is 0.189 e. The van der Waals surface area contributed by atoms with Gasteiger partial charge in [-0.1, -0.05) is 35.9 Å². The Kier molecular flexibility index (Phi) is 4.39. The highest BCUT2D eigenvalue weighted by Gasteiger charge is 2.21. The van der Waals surface area contributed by atoms with Crippen LogP contribution in [0.3, 0.4) is 0 Å². The minimum absolute atomic E-state index is 0.0813. The van der Waals surface area contributed by atoms with Crippen molar-refractivity contribution in [3.05, 3.63) is 63.7 Å². The van der Waals surface area contributed by atoms with Gasteiger partial charge in [0.2, 0.25) is 0 Å². The molecule has 0 radical (unpaired) electrons. The van der Waals surface area contributed by atoms with Crippen LogP contribution in [-0.2, 0) is 6.42 Å². The molecule has 0 amide bonds. The number of methoxy groups -OCH3 is 2. The van der Waals surface area contributed by atoms with Gasteiger partial charge in [-0.25, -0.2) is 0 Å². The number of hydrogen-bond acceptors (Lipinski definition) is 3. The molecule has 0 fully saturated rings. The van der Waals surface area contributed by atoms with E-state index < -0.39 is 0 Å². The Morgan fingerprint density at radius 2 is 1.87 bits per heavy atom. The molecule has 0 aliphatic heterocycles. The number of ketones is 1. The number of carbonyl (C=O) groups excluding carboxylic acids is 1. The Morgan fingerprint density at radius 1 is 1.09 bits per heavy atom. The van der Waals surface area contributed by atoms with Crippen LogP contribution in [-0.4, -0.2) is 20.0 Å². The maximum atomic E-state index is 12.6. The number of ether oxygens (including phenoxy) is 2. The van der Waals surface area contributed by atoms with Crippen molar-refractivity contribution in [2.75, 3.05) is 14.2 Å². The number of hydrogen-bond donors (Lipinski definition) is 0. The van der Waals surface area contributed by atoms with E-state index in [4.69, 9.17) is 21.1 Å². The monoisotopic (exact) mass is 328 g/mol. The van der Waals surface area contributed by atoms with Gasteiger partial charge < -0.3 is 9.47 Å². The Balaban J connectivity index is 2.00. The molecular formula is C19H17ClO3. The summed E-state index contributed by atoms with van der Waals surface area (Å²) in [5.41, 5.74) is 3.51. The number of allylic oxidation sites excluding steroid dienone is 1. The third-order valence-electron chi connectivity index (χ3n) is 4.01. The lowest BCUT2D eigenvalue weighted by Gasteiger charge is -2.17. The molecule has 2 aromatic carbocycles. The first-order valence-corrected chi connectivity index (χ1v) is 7.76. The van der Waals surface area contributed by atoms with Crippen molar-refractivity contribution in [1.29, 1.82) is 0 Å². The van der Waals surface area contributed by atoms with Crippen molar-refractivity contribution in [1.82, 2.24) is 0 Å². The van der Waals surface area contributed by atoms with E-state index in [1.54, 1.807) is 20.3 Å². The fraction of sp³-hybridized carbons (Fsp3) is 0.211. The fourth-order valence-corrected chi connectivity index (χ4v) is 3.17. The van der Waals surface area contributed by atoms with Crippen LogP contribution in [0.15, 0.2) is 42.0 Å². The number of rotatable bonds is 3. The zero-order valence-corrected chi connectivity index (χ0v) is 13.8. The molecule has 1 aliphatic carbocycles. The van der Waals surface area contributed by atoms with E-state index >= 15 is 0 Å². The number of halogens is 1. The summed E-state index contributed by atoms with van der Waals surface area (Å²) < 4.78 is 10.5. The molecular weight excluding hydrogens is 312 g/mol. The van der Waals surface area contributed by atoms with Crippen molar-refractivity contribution < 1.29 is 14.3 Å². The molecule has 0 saturated heterocycles. The Bertz CT molecular complexity index is 793. The zero-order valence-electron chi connectivity index (χ0n) is 13.1. The van der Waals surface area contributed by atoms with Gasteiger partial charge in [0.1, 0.15) is 0 Å². The van der Waals surface area contributed by atoms with E-state index in [0.717, 1.165) is 35.1 Å². The van der Waals surface area contributed by atoms with Gasteiger partial charge >= 0.3 is 0 Å². The molecule has 0 atom stereocenters. The van der Waals surface area contributed by atoms with Gasteiger partial charge in [0, 0.05) is 11.1 Å². The van der Waals surface area contributed by atoms with Crippen molar-refractivity contribution in [3.63, 3.8) is 0 Å². The van der Waals surface area contributed by atoms with Crippen LogP contribution in [0.5, 0.6) is 11.5 Å². The van der Waals surface area contributed by atoms with Gasteiger partial charge in [-0.05, 0) is 42.2 Å². The molecule has 0 saturated carbocycles. The van der Waals surface area contributed by atoms with Crippen LogP contribution in [0.2, 0.25) is 5.02 Å². The topological polar surface area (TPSA) is 35.5 Å². The minimum Gasteiger partial charge on any atom is -0.493 e. The summed E-state index contributed by atoms with van der Waals surface area (Å²) in [5.74, 6) is 1.13. The van der Waals surface area contributed by atoms with Crippen LogP contribution in [0.25, 0.3) is 6.08 Å². The van der Waals surface area contributed by atoms with Crippen molar-refractivity contribution in [2.45, 2.75) is 12.8 Å². The van der Waals surface area contributed by atoms with Gasteiger partial charge in [0.15, 0.2) is 17.3 Å².